The summed E-state index contributed by atoms with van der Waals surface area (Å²) >= 11 is 0. The number of hydrogen-bond acceptors (Lipinski definition) is 5. The number of rotatable bonds is 3. The van der Waals surface area contributed by atoms with E-state index in [1.165, 1.54) is 19.3 Å². The molecule has 0 saturated heterocycles. The molecule has 0 amide bonds. The topological polar surface area (TPSA) is 114 Å². The molecule has 0 aromatic carbocycles. The Labute approximate surface area is 130 Å². The molecule has 0 heterocycles. The summed E-state index contributed by atoms with van der Waals surface area (Å²) in [6.07, 6.45) is 6.74. The lowest BCUT2D eigenvalue weighted by Gasteiger charge is -2.16. The molecule has 7 nitrogen and oxygen atoms in total. The number of allylic oxidation sites excluding steroid dienone is 2. The van der Waals surface area contributed by atoms with Gasteiger partial charge in [0.25, 0.3) is 9.84 Å². The molecule has 0 aliphatic heterocycles. The van der Waals surface area contributed by atoms with Gasteiger partial charge in [-0.15, -0.1) is 0 Å². The van der Waals surface area contributed by atoms with E-state index in [0.29, 0.717) is 12.8 Å². The Bertz CT molecular complexity index is 800. The molecule has 2 aliphatic carbocycles. The van der Waals surface area contributed by atoms with Gasteiger partial charge in [0.1, 0.15) is 11.0 Å². The van der Waals surface area contributed by atoms with Gasteiger partial charge in [0.05, 0.1) is 17.9 Å². The van der Waals surface area contributed by atoms with Crippen molar-refractivity contribution in [2.24, 2.45) is 5.92 Å². The molecule has 0 N–H and O–H groups in total. The summed E-state index contributed by atoms with van der Waals surface area (Å²) in [4.78, 5) is 2.66. The van der Waals surface area contributed by atoms with E-state index >= 15 is 0 Å². The molecule has 0 aromatic rings. The maximum Gasteiger partial charge on any atom is 0.385 e. The Morgan fingerprint density at radius 1 is 1.36 bits per heavy atom. The van der Waals surface area contributed by atoms with Crippen LogP contribution in [0.15, 0.2) is 24.0 Å². The molecule has 0 radical (unpaired) electrons. The van der Waals surface area contributed by atoms with Crippen LogP contribution >= 0.6 is 0 Å². The minimum Gasteiger partial charge on any atom is -0.497 e. The van der Waals surface area contributed by atoms with Crippen LogP contribution in [0, 0.1) is 5.92 Å². The number of nitrogens with zero attached hydrogens (tertiary/aromatic N) is 2. The minimum atomic E-state index is -4.10. The van der Waals surface area contributed by atoms with Crippen molar-refractivity contribution < 1.29 is 26.4 Å². The lowest BCUT2D eigenvalue weighted by molar-refractivity contribution is -0.00737. The highest BCUT2D eigenvalue weighted by Crippen LogP contribution is 2.29. The quantitative estimate of drug-likeness (QED) is 0.246. The van der Waals surface area contributed by atoms with E-state index in [2.05, 4.69) is 4.79 Å². The zero-order valence-electron chi connectivity index (χ0n) is 12.0. The second-order valence-corrected chi connectivity index (χ2v) is 8.09. The predicted molar refractivity (Wildman–Crippen MR) is 81.5 cm³/mol. The zero-order chi connectivity index (χ0) is 16.3. The van der Waals surface area contributed by atoms with Crippen molar-refractivity contribution in [1.82, 2.24) is 0 Å². The highest BCUT2D eigenvalue weighted by atomic mass is 32.2. The summed E-state index contributed by atoms with van der Waals surface area (Å²) in [5, 5.41) is -1.73. The van der Waals surface area contributed by atoms with Crippen LogP contribution in [0.5, 0.6) is 0 Å². The maximum atomic E-state index is 12.7. The predicted octanol–water partition coefficient (Wildman–Crippen LogP) is 0.740. The number of sulfone groups is 1. The summed E-state index contributed by atoms with van der Waals surface area (Å²) in [5.74, 6) is -0.119. The van der Waals surface area contributed by atoms with Crippen LogP contribution in [0.25, 0.3) is 5.53 Å². The first kappa shape index (κ1) is 16.7. The molecule has 120 valence electrons. The number of ether oxygens (including phenoxy) is 1. The SMILES string of the molecule is COC1=CC(=S(=O)=O)C(S(=O)(=O)C(=[N+]=[N-])C2CCCC2)C=C1. The molecule has 0 bridgehead atoms. The third-order valence-corrected chi connectivity index (χ3v) is 6.84. The van der Waals surface area contributed by atoms with Gasteiger partial charge in [-0.2, -0.15) is 13.2 Å². The smallest absolute Gasteiger partial charge is 0.385 e. The summed E-state index contributed by atoms with van der Waals surface area (Å²) in [6.45, 7) is 0. The van der Waals surface area contributed by atoms with E-state index in [9.17, 15) is 16.8 Å². The molecule has 1 atom stereocenters. The molecule has 1 unspecified atom stereocenters. The second-order valence-electron chi connectivity index (χ2n) is 5.13. The molecular formula is C13H16N2O5S2. The number of hydrogen-bond donors (Lipinski definition) is 0. The lowest BCUT2D eigenvalue weighted by atomic mass is 10.1. The van der Waals surface area contributed by atoms with Crippen molar-refractivity contribution in [3.8, 4) is 0 Å². The van der Waals surface area contributed by atoms with Crippen molar-refractivity contribution in [3.05, 3.63) is 29.5 Å². The average Bonchev–Trinajstić information content (AvgIpc) is 3.00. The fourth-order valence-corrected chi connectivity index (χ4v) is 5.58. The van der Waals surface area contributed by atoms with Gasteiger partial charge in [0.15, 0.2) is 0 Å². The van der Waals surface area contributed by atoms with Gasteiger partial charge in [-0.05, 0) is 18.9 Å². The van der Waals surface area contributed by atoms with E-state index in [1.54, 1.807) is 0 Å². The van der Waals surface area contributed by atoms with Gasteiger partial charge in [0, 0.05) is 6.08 Å². The van der Waals surface area contributed by atoms with Gasteiger partial charge in [-0.25, -0.2) is 8.42 Å². The summed E-state index contributed by atoms with van der Waals surface area (Å²) in [7, 11) is -5.47. The number of methoxy groups -OCH3 is 1. The van der Waals surface area contributed by atoms with Crippen LogP contribution in [0.2, 0.25) is 0 Å². The van der Waals surface area contributed by atoms with Gasteiger partial charge in [0.2, 0.25) is 10.3 Å². The van der Waals surface area contributed by atoms with Crippen molar-refractivity contribution in [1.29, 1.82) is 0 Å². The molecule has 9 heteroatoms. The molecule has 1 fully saturated rings. The van der Waals surface area contributed by atoms with Crippen LogP contribution in [-0.2, 0) is 24.9 Å². The fraction of sp³-hybridized carbons (Fsp3) is 0.538. The van der Waals surface area contributed by atoms with Crippen molar-refractivity contribution in [3.63, 3.8) is 0 Å². The van der Waals surface area contributed by atoms with Gasteiger partial charge in [-0.1, -0.05) is 18.9 Å². The van der Waals surface area contributed by atoms with E-state index < -0.39 is 25.4 Å². The standard InChI is InChI=1S/C13H16N2O5S2/c1-20-10-6-7-12(11(8-10)21(16)17)22(18,19)13(15-14)9-4-2-3-5-9/h6-9,12H,2-5H2,1H3. The van der Waals surface area contributed by atoms with Crippen LogP contribution in [0.1, 0.15) is 25.7 Å². The Morgan fingerprint density at radius 2 is 2.00 bits per heavy atom. The normalized spacial score (nSPS) is 22.1. The first-order chi connectivity index (χ1) is 10.4. The minimum absolute atomic E-state index is 0.244. The summed E-state index contributed by atoms with van der Waals surface area (Å²) in [5.41, 5.74) is 9.16. The summed E-state index contributed by atoms with van der Waals surface area (Å²) < 4.78 is 53.1. The van der Waals surface area contributed by atoms with Crippen LogP contribution in [-0.4, -0.2) is 43.9 Å². The second kappa shape index (κ2) is 6.60. The molecule has 1 saturated carbocycles. The first-order valence-electron chi connectivity index (χ1n) is 6.77. The zero-order valence-corrected chi connectivity index (χ0v) is 13.6. The Morgan fingerprint density at radius 3 is 2.50 bits per heavy atom. The van der Waals surface area contributed by atoms with Gasteiger partial charge >= 0.3 is 5.04 Å². The van der Waals surface area contributed by atoms with Crippen molar-refractivity contribution >= 4 is 30.0 Å². The van der Waals surface area contributed by atoms with Crippen LogP contribution in [0.4, 0.5) is 0 Å². The molecule has 2 aliphatic rings. The molecule has 2 rings (SSSR count). The fourth-order valence-electron chi connectivity index (χ4n) is 2.75. The first-order valence-corrected chi connectivity index (χ1v) is 9.39. The largest absolute Gasteiger partial charge is 0.497 e. The highest BCUT2D eigenvalue weighted by molar-refractivity contribution is 8.08. The Balaban J connectivity index is 2.49. The van der Waals surface area contributed by atoms with Gasteiger partial charge < -0.3 is 10.3 Å². The van der Waals surface area contributed by atoms with E-state index in [4.69, 9.17) is 10.3 Å². The van der Waals surface area contributed by atoms with E-state index in [0.717, 1.165) is 18.9 Å². The van der Waals surface area contributed by atoms with Crippen molar-refractivity contribution in [2.75, 3.05) is 7.11 Å². The average molecular weight is 344 g/mol. The highest BCUT2D eigenvalue weighted by Gasteiger charge is 2.45. The third kappa shape index (κ3) is 3.06. The lowest BCUT2D eigenvalue weighted by Crippen LogP contribution is -2.38. The Hall–Kier alpha value is -1.70. The van der Waals surface area contributed by atoms with Gasteiger partial charge in [-0.3, -0.25) is 0 Å². The monoisotopic (exact) mass is 344 g/mol. The molecule has 0 spiro atoms. The van der Waals surface area contributed by atoms with E-state index in [1.807, 2.05) is 0 Å². The maximum absolute atomic E-state index is 12.7. The van der Waals surface area contributed by atoms with Crippen molar-refractivity contribution in [2.45, 2.75) is 30.9 Å². The van der Waals surface area contributed by atoms with Crippen LogP contribution in [0.3, 0.4) is 0 Å². The Kier molecular flexibility index (Phi) is 5.00. The molecule has 22 heavy (non-hydrogen) atoms. The third-order valence-electron chi connectivity index (χ3n) is 3.86. The summed E-state index contributed by atoms with van der Waals surface area (Å²) in [6, 6.07) is 0. The van der Waals surface area contributed by atoms with E-state index in [-0.39, 0.29) is 21.6 Å². The van der Waals surface area contributed by atoms with Crippen LogP contribution < -0.4 is 0 Å². The molecule has 0 aromatic heterocycles. The molecular weight excluding hydrogens is 328 g/mol.